The van der Waals surface area contributed by atoms with Crippen LogP contribution < -0.4 is 0 Å². The molecular weight excluding hydrogens is 424 g/mol. The van der Waals surface area contributed by atoms with Gasteiger partial charge in [-0.15, -0.1) is 0 Å². The van der Waals surface area contributed by atoms with Crippen molar-refractivity contribution in [3.05, 3.63) is 119 Å². The molecule has 4 nitrogen and oxygen atoms in total. The lowest BCUT2D eigenvalue weighted by Gasteiger charge is -2.50. The summed E-state index contributed by atoms with van der Waals surface area (Å²) in [5.74, 6) is -1.26. The van der Waals surface area contributed by atoms with Crippen molar-refractivity contribution in [3.63, 3.8) is 0 Å². The van der Waals surface area contributed by atoms with Crippen molar-refractivity contribution in [3.8, 4) is 22.3 Å². The van der Waals surface area contributed by atoms with Crippen molar-refractivity contribution in [2.45, 2.75) is 23.5 Å². The zero-order valence-electron chi connectivity index (χ0n) is 18.1. The first kappa shape index (κ1) is 19.3. The van der Waals surface area contributed by atoms with Gasteiger partial charge in [-0.3, -0.25) is 0 Å². The third-order valence-corrected chi connectivity index (χ3v) is 7.63. The van der Waals surface area contributed by atoms with Crippen LogP contribution in [0.25, 0.3) is 22.3 Å². The van der Waals surface area contributed by atoms with Crippen molar-refractivity contribution in [1.82, 2.24) is 0 Å². The van der Waals surface area contributed by atoms with E-state index in [2.05, 4.69) is 24.3 Å². The highest BCUT2D eigenvalue weighted by molar-refractivity contribution is 5.94. The van der Waals surface area contributed by atoms with Gasteiger partial charge in [0.1, 0.15) is 0 Å². The molecule has 163 valence electrons. The zero-order chi connectivity index (χ0) is 22.9. The molecule has 34 heavy (non-hydrogen) atoms. The molecule has 0 N–H and O–H groups in total. The van der Waals surface area contributed by atoms with Crippen LogP contribution in [0.1, 0.15) is 34.1 Å². The molecule has 0 amide bonds. The first-order chi connectivity index (χ1) is 16.8. The van der Waals surface area contributed by atoms with Crippen molar-refractivity contribution < 1.29 is 19.1 Å². The smallest absolute Gasteiger partial charge is 0.418 e. The maximum Gasteiger partial charge on any atom is 0.418 e. The van der Waals surface area contributed by atoms with Gasteiger partial charge in [0.05, 0.1) is 11.8 Å². The average molecular weight is 443 g/mol. The predicted molar refractivity (Wildman–Crippen MR) is 127 cm³/mol. The van der Waals surface area contributed by atoms with Crippen LogP contribution in [-0.4, -0.2) is 24.1 Å². The van der Waals surface area contributed by atoms with Crippen LogP contribution in [0, 0.1) is 0 Å². The van der Waals surface area contributed by atoms with Crippen LogP contribution in [0.15, 0.2) is 97.1 Å². The molecule has 1 heterocycles. The second-order valence-electron chi connectivity index (χ2n) is 9.06. The molecule has 0 aromatic heterocycles. The van der Waals surface area contributed by atoms with Crippen LogP contribution in [0.3, 0.4) is 0 Å². The SMILES string of the molecule is O=[C]OC1(C2c3ccccc3-c3ccccc32)C(=O)OC1C1c2ccccc2-c2ccccc21. The van der Waals surface area contributed by atoms with Crippen molar-refractivity contribution in [2.75, 3.05) is 0 Å². The normalized spacial score (nSPS) is 22.1. The zero-order valence-corrected chi connectivity index (χ0v) is 18.1. The molecule has 7 rings (SSSR count). The molecule has 4 aromatic rings. The van der Waals surface area contributed by atoms with Crippen molar-refractivity contribution in [2.24, 2.45) is 0 Å². The molecule has 3 aliphatic rings. The summed E-state index contributed by atoms with van der Waals surface area (Å²) in [4.78, 5) is 25.3. The minimum absolute atomic E-state index is 0.252. The fraction of sp³-hybridized carbons (Fsp3) is 0.133. The number of hydrogen-bond donors (Lipinski definition) is 0. The van der Waals surface area contributed by atoms with Gasteiger partial charge in [-0.1, -0.05) is 97.1 Å². The Kier molecular flexibility index (Phi) is 3.92. The van der Waals surface area contributed by atoms with Crippen LogP contribution in [0.4, 0.5) is 0 Å². The van der Waals surface area contributed by atoms with Gasteiger partial charge in [0, 0.05) is 0 Å². The van der Waals surface area contributed by atoms with E-state index in [0.29, 0.717) is 0 Å². The highest BCUT2D eigenvalue weighted by Gasteiger charge is 2.70. The Morgan fingerprint density at radius 2 is 1.06 bits per heavy atom. The van der Waals surface area contributed by atoms with E-state index >= 15 is 0 Å². The molecule has 1 fully saturated rings. The van der Waals surface area contributed by atoms with E-state index in [-0.39, 0.29) is 5.92 Å². The van der Waals surface area contributed by atoms with Gasteiger partial charge in [-0.25, -0.2) is 9.59 Å². The molecule has 0 bridgehead atoms. The van der Waals surface area contributed by atoms with Crippen molar-refractivity contribution >= 4 is 12.4 Å². The molecule has 2 unspecified atom stereocenters. The molecule has 0 saturated carbocycles. The standard InChI is InChI=1S/C30H19O4/c31-17-33-30(27-24-15-7-3-11-20(24)21-12-4-8-16-25(21)27)28(34-29(30)32)26-22-13-5-1-9-18(22)19-10-2-6-14-23(19)26/h1-16,26-28H. The number of cyclic esters (lactones) is 1. The first-order valence-corrected chi connectivity index (χ1v) is 11.4. The summed E-state index contributed by atoms with van der Waals surface area (Å²) in [6, 6.07) is 32.3. The molecule has 4 aromatic carbocycles. The van der Waals surface area contributed by atoms with Gasteiger partial charge in [0.25, 0.3) is 5.60 Å². The van der Waals surface area contributed by atoms with Gasteiger partial charge in [-0.2, -0.15) is 0 Å². The Labute approximate surface area is 196 Å². The number of benzene rings is 4. The van der Waals surface area contributed by atoms with Gasteiger partial charge in [0.2, 0.25) is 0 Å². The summed E-state index contributed by atoms with van der Waals surface area (Å²) in [6.45, 7) is 1.63. The van der Waals surface area contributed by atoms with E-state index in [1.165, 1.54) is 0 Å². The number of rotatable bonds is 4. The Hall–Kier alpha value is -4.18. The highest BCUT2D eigenvalue weighted by atomic mass is 16.7. The predicted octanol–water partition coefficient (Wildman–Crippen LogP) is 5.36. The topological polar surface area (TPSA) is 52.6 Å². The van der Waals surface area contributed by atoms with Crippen molar-refractivity contribution in [1.29, 1.82) is 0 Å². The molecule has 1 radical (unpaired) electrons. The van der Waals surface area contributed by atoms with Crippen LogP contribution >= 0.6 is 0 Å². The monoisotopic (exact) mass is 443 g/mol. The van der Waals surface area contributed by atoms with E-state index in [0.717, 1.165) is 44.5 Å². The Balaban J connectivity index is 1.47. The fourth-order valence-electron chi connectivity index (χ4n) is 6.32. The summed E-state index contributed by atoms with van der Waals surface area (Å²) in [5.41, 5.74) is 6.86. The average Bonchev–Trinajstić information content (AvgIpc) is 3.39. The lowest BCUT2D eigenvalue weighted by molar-refractivity contribution is -0.230. The van der Waals surface area contributed by atoms with Gasteiger partial charge in [0.15, 0.2) is 6.10 Å². The van der Waals surface area contributed by atoms with E-state index in [4.69, 9.17) is 9.47 Å². The minimum Gasteiger partial charge on any atom is -0.453 e. The number of carbonyl (C=O) groups excluding carboxylic acids is 2. The maximum atomic E-state index is 13.4. The van der Waals surface area contributed by atoms with Crippen LogP contribution in [-0.2, 0) is 19.1 Å². The number of fused-ring (bicyclic) bond motifs is 6. The number of ether oxygens (including phenoxy) is 2. The summed E-state index contributed by atoms with van der Waals surface area (Å²) >= 11 is 0. The van der Waals surface area contributed by atoms with E-state index < -0.39 is 23.6 Å². The van der Waals surface area contributed by atoms with E-state index in [1.54, 1.807) is 6.47 Å². The largest absolute Gasteiger partial charge is 0.453 e. The van der Waals surface area contributed by atoms with E-state index in [9.17, 15) is 9.59 Å². The third-order valence-electron chi connectivity index (χ3n) is 7.63. The number of hydrogen-bond acceptors (Lipinski definition) is 4. The highest BCUT2D eigenvalue weighted by Crippen LogP contribution is 2.60. The molecule has 1 aliphatic heterocycles. The minimum atomic E-state index is -1.51. The second kappa shape index (κ2) is 6.91. The Morgan fingerprint density at radius 1 is 0.647 bits per heavy atom. The molecular formula is C30H19O4. The number of carbonyl (C=O) groups is 1. The summed E-state index contributed by atoms with van der Waals surface area (Å²) in [7, 11) is 0. The van der Waals surface area contributed by atoms with Gasteiger partial charge >= 0.3 is 12.4 Å². The first-order valence-electron chi connectivity index (χ1n) is 11.4. The molecule has 2 aliphatic carbocycles. The molecule has 4 heteroatoms. The fourth-order valence-corrected chi connectivity index (χ4v) is 6.32. The van der Waals surface area contributed by atoms with Crippen LogP contribution in [0.5, 0.6) is 0 Å². The lowest BCUT2D eigenvalue weighted by Crippen LogP contribution is -2.69. The van der Waals surface area contributed by atoms with Gasteiger partial charge < -0.3 is 9.47 Å². The second-order valence-corrected chi connectivity index (χ2v) is 9.06. The van der Waals surface area contributed by atoms with E-state index in [1.807, 2.05) is 72.8 Å². The maximum absolute atomic E-state index is 13.4. The Morgan fingerprint density at radius 3 is 1.50 bits per heavy atom. The van der Waals surface area contributed by atoms with Crippen LogP contribution in [0.2, 0.25) is 0 Å². The molecule has 0 spiro atoms. The molecule has 2 atom stereocenters. The summed E-state index contributed by atoms with van der Waals surface area (Å²) < 4.78 is 11.7. The number of esters is 1. The lowest BCUT2D eigenvalue weighted by atomic mass is 9.68. The van der Waals surface area contributed by atoms with Gasteiger partial charge in [-0.05, 0) is 44.5 Å². The third kappa shape index (κ3) is 2.27. The molecule has 1 saturated heterocycles. The summed E-state index contributed by atoms with van der Waals surface area (Å²) in [5, 5.41) is 0. The summed E-state index contributed by atoms with van der Waals surface area (Å²) in [6.07, 6.45) is -0.685. The quantitative estimate of drug-likeness (QED) is 0.399. The Bertz CT molecular complexity index is 1400.